The van der Waals surface area contributed by atoms with Gasteiger partial charge in [-0.05, 0) is 62.2 Å². The number of rotatable bonds is 12. The maximum Gasteiger partial charge on any atom is 0.315 e. The maximum absolute atomic E-state index is 14.2. The number of ketones is 1. The van der Waals surface area contributed by atoms with Gasteiger partial charge in [-0.15, -0.1) is 0 Å². The smallest absolute Gasteiger partial charge is 0.315 e. The van der Waals surface area contributed by atoms with Crippen molar-refractivity contribution in [2.24, 2.45) is 34.3 Å². The van der Waals surface area contributed by atoms with Crippen LogP contribution < -0.4 is 21.7 Å². The largest absolute Gasteiger partial charge is 0.374 e. The zero-order valence-corrected chi connectivity index (χ0v) is 29.0. The van der Waals surface area contributed by atoms with Gasteiger partial charge in [-0.1, -0.05) is 74.7 Å². The number of carbonyl (C=O) groups is 5. The number of hydrogen-bond donors (Lipinski definition) is 4. The first-order valence-electron chi connectivity index (χ1n) is 16.2. The Morgan fingerprint density at radius 2 is 1.48 bits per heavy atom. The molecule has 1 unspecified atom stereocenters. The van der Waals surface area contributed by atoms with Gasteiger partial charge < -0.3 is 31.3 Å². The summed E-state index contributed by atoms with van der Waals surface area (Å²) in [5.74, 6) is -2.28. The zero-order valence-electron chi connectivity index (χ0n) is 29.0. The molecule has 0 aromatic carbocycles. The van der Waals surface area contributed by atoms with Crippen molar-refractivity contribution >= 4 is 29.5 Å². The zero-order chi connectivity index (χ0) is 33.8. The van der Waals surface area contributed by atoms with Crippen LogP contribution in [-0.4, -0.2) is 77.4 Å². The SMILES string of the molecule is CC(C)[C@@H]1C[C@@H](C(=O)NC(CC2CCC2)C(=O)C(N)=O)N(C(=O)[C@@H](NC(=O)N[C@H](COC(C)(C)C)C(C)(C)C)C(C)(C)C)C1. The first-order chi connectivity index (χ1) is 20.0. The number of primary amides is 1. The highest BCUT2D eigenvalue weighted by molar-refractivity contribution is 6.37. The highest BCUT2D eigenvalue weighted by Gasteiger charge is 2.46. The van der Waals surface area contributed by atoms with Crippen LogP contribution >= 0.6 is 0 Å². The average Bonchev–Trinajstić information content (AvgIpc) is 3.29. The summed E-state index contributed by atoms with van der Waals surface area (Å²) < 4.78 is 5.98. The van der Waals surface area contributed by atoms with Gasteiger partial charge in [0.05, 0.1) is 24.3 Å². The molecule has 5 N–H and O–H groups in total. The number of likely N-dealkylation sites (tertiary alicyclic amines) is 1. The van der Waals surface area contributed by atoms with Gasteiger partial charge in [-0.3, -0.25) is 19.2 Å². The minimum Gasteiger partial charge on any atom is -0.374 e. The van der Waals surface area contributed by atoms with Crippen molar-refractivity contribution in [2.45, 2.75) is 138 Å². The summed E-state index contributed by atoms with van der Waals surface area (Å²) in [6.45, 7) is 22.2. The molecule has 2 aliphatic rings. The van der Waals surface area contributed by atoms with Crippen molar-refractivity contribution in [1.82, 2.24) is 20.9 Å². The van der Waals surface area contributed by atoms with E-state index in [9.17, 15) is 24.0 Å². The quantitative estimate of drug-likeness (QED) is 0.244. The fourth-order valence-electron chi connectivity index (χ4n) is 5.56. The highest BCUT2D eigenvalue weighted by Crippen LogP contribution is 2.34. The fourth-order valence-corrected chi connectivity index (χ4v) is 5.56. The number of nitrogens with zero attached hydrogens (tertiary/aromatic N) is 1. The lowest BCUT2D eigenvalue weighted by atomic mass is 9.80. The first kappa shape index (κ1) is 37.5. The molecular formula is C33H59N5O6. The van der Waals surface area contributed by atoms with E-state index >= 15 is 0 Å². The van der Waals surface area contributed by atoms with Crippen LogP contribution in [-0.2, 0) is 23.9 Å². The van der Waals surface area contributed by atoms with Crippen LogP contribution in [0.5, 0.6) is 0 Å². The molecule has 44 heavy (non-hydrogen) atoms. The predicted octanol–water partition coefficient (Wildman–Crippen LogP) is 3.53. The van der Waals surface area contributed by atoms with Gasteiger partial charge in [-0.2, -0.15) is 0 Å². The number of Topliss-reactive ketones (excluding diaryl/α,β-unsaturated/α-hetero) is 1. The molecule has 0 radical (unpaired) electrons. The standard InChI is InChI=1S/C33H59N5O6/c1-19(2)21-16-23(28(41)35-22(25(39)27(34)40)15-20-13-12-14-20)38(17-21)29(42)26(32(6,7)8)37-30(43)36-24(31(3,4)5)18-44-33(9,10)11/h19-24,26H,12-18H2,1-11H3,(H2,34,40)(H,35,41)(H2,36,37,43)/t21-,22?,23+,24-,26-/m1/s1. The van der Waals surface area contributed by atoms with E-state index in [1.165, 1.54) is 4.90 Å². The topological polar surface area (TPSA) is 160 Å². The lowest BCUT2D eigenvalue weighted by molar-refractivity contribution is -0.143. The van der Waals surface area contributed by atoms with Crippen LogP contribution in [0.1, 0.15) is 108 Å². The third kappa shape index (κ3) is 10.7. The lowest BCUT2D eigenvalue weighted by Crippen LogP contribution is -2.61. The second-order valence-electron chi connectivity index (χ2n) is 16.3. The van der Waals surface area contributed by atoms with E-state index in [0.717, 1.165) is 19.3 Å². The van der Waals surface area contributed by atoms with E-state index in [-0.39, 0.29) is 40.7 Å². The summed E-state index contributed by atoms with van der Waals surface area (Å²) in [7, 11) is 0. The number of hydrogen-bond acceptors (Lipinski definition) is 6. The Kier molecular flexibility index (Phi) is 12.4. The second-order valence-corrected chi connectivity index (χ2v) is 16.3. The minimum absolute atomic E-state index is 0.0425. The third-order valence-corrected chi connectivity index (χ3v) is 8.95. The van der Waals surface area contributed by atoms with Crippen molar-refractivity contribution in [2.75, 3.05) is 13.2 Å². The van der Waals surface area contributed by atoms with E-state index in [2.05, 4.69) is 16.0 Å². The number of ether oxygens (including phenoxy) is 1. The number of nitrogens with one attached hydrogen (secondary N) is 3. The van der Waals surface area contributed by atoms with Crippen LogP contribution in [0.15, 0.2) is 0 Å². The second kappa shape index (κ2) is 14.6. The predicted molar refractivity (Wildman–Crippen MR) is 170 cm³/mol. The van der Waals surface area contributed by atoms with E-state index in [1.807, 2.05) is 76.2 Å². The summed E-state index contributed by atoms with van der Waals surface area (Å²) in [5, 5.41) is 8.69. The molecule has 1 aliphatic heterocycles. The van der Waals surface area contributed by atoms with Crippen molar-refractivity contribution in [3.63, 3.8) is 0 Å². The first-order valence-corrected chi connectivity index (χ1v) is 16.2. The molecule has 2 fully saturated rings. The molecule has 11 heteroatoms. The fraction of sp³-hybridized carbons (Fsp3) is 0.848. The van der Waals surface area contributed by atoms with Crippen LogP contribution in [0.25, 0.3) is 0 Å². The molecule has 252 valence electrons. The average molecular weight is 622 g/mol. The monoisotopic (exact) mass is 621 g/mol. The molecule has 5 amide bonds. The Morgan fingerprint density at radius 3 is 1.91 bits per heavy atom. The van der Waals surface area contributed by atoms with Crippen molar-refractivity contribution < 1.29 is 28.7 Å². The molecular weight excluding hydrogens is 562 g/mol. The molecule has 1 aliphatic carbocycles. The molecule has 2 rings (SSSR count). The molecule has 5 atom stereocenters. The van der Waals surface area contributed by atoms with Crippen LogP contribution in [0.2, 0.25) is 0 Å². The maximum atomic E-state index is 14.2. The van der Waals surface area contributed by atoms with E-state index in [0.29, 0.717) is 26.0 Å². The van der Waals surface area contributed by atoms with Gasteiger partial charge in [0, 0.05) is 6.54 Å². The van der Waals surface area contributed by atoms with Gasteiger partial charge in [0.1, 0.15) is 12.1 Å². The Balaban J connectivity index is 2.29. The van der Waals surface area contributed by atoms with E-state index in [1.54, 1.807) is 0 Å². The van der Waals surface area contributed by atoms with Gasteiger partial charge in [0.25, 0.3) is 5.91 Å². The van der Waals surface area contributed by atoms with Crippen molar-refractivity contribution in [3.8, 4) is 0 Å². The molecule has 0 spiro atoms. The Labute approximate surface area is 264 Å². The van der Waals surface area contributed by atoms with Crippen LogP contribution in [0.3, 0.4) is 0 Å². The van der Waals surface area contributed by atoms with Crippen molar-refractivity contribution in [1.29, 1.82) is 0 Å². The highest BCUT2D eigenvalue weighted by atomic mass is 16.5. The summed E-state index contributed by atoms with van der Waals surface area (Å²) >= 11 is 0. The van der Waals surface area contributed by atoms with Crippen LogP contribution in [0, 0.1) is 28.6 Å². The Morgan fingerprint density at radius 1 is 0.886 bits per heavy atom. The number of nitrogens with two attached hydrogens (primary N) is 1. The molecule has 0 aromatic heterocycles. The van der Waals surface area contributed by atoms with Gasteiger partial charge in [-0.25, -0.2) is 4.79 Å². The van der Waals surface area contributed by atoms with Crippen LogP contribution in [0.4, 0.5) is 4.79 Å². The summed E-state index contributed by atoms with van der Waals surface area (Å²) in [6, 6.07) is -3.64. The van der Waals surface area contributed by atoms with E-state index in [4.69, 9.17) is 10.5 Å². The normalized spacial score (nSPS) is 21.7. The molecule has 0 bridgehead atoms. The lowest BCUT2D eigenvalue weighted by Gasteiger charge is -2.37. The number of amides is 5. The molecule has 11 nitrogen and oxygen atoms in total. The number of carbonyl (C=O) groups excluding carboxylic acids is 5. The molecule has 0 aromatic rings. The minimum atomic E-state index is -1.08. The summed E-state index contributed by atoms with van der Waals surface area (Å²) in [5.41, 5.74) is 3.93. The van der Waals surface area contributed by atoms with Gasteiger partial charge in [0.15, 0.2) is 0 Å². The van der Waals surface area contributed by atoms with E-state index < -0.39 is 47.2 Å². The molecule has 1 saturated heterocycles. The van der Waals surface area contributed by atoms with Gasteiger partial charge in [0.2, 0.25) is 17.6 Å². The van der Waals surface area contributed by atoms with Crippen molar-refractivity contribution in [3.05, 3.63) is 0 Å². The Hall–Kier alpha value is -2.69. The summed E-state index contributed by atoms with van der Waals surface area (Å²) in [4.78, 5) is 67.3. The van der Waals surface area contributed by atoms with Gasteiger partial charge >= 0.3 is 6.03 Å². The Bertz CT molecular complexity index is 1050. The third-order valence-electron chi connectivity index (χ3n) is 8.95. The molecule has 1 saturated carbocycles. The summed E-state index contributed by atoms with van der Waals surface area (Å²) in [6.07, 6.45) is 3.67. The molecule has 1 heterocycles. The number of urea groups is 1.